The normalized spacial score (nSPS) is 15.7. The Morgan fingerprint density at radius 1 is 0.903 bits per heavy atom. The van der Waals surface area contributed by atoms with E-state index in [1.807, 2.05) is 60.7 Å². The zero-order valence-electron chi connectivity index (χ0n) is 17.0. The minimum Gasteiger partial charge on any atom is -0.353 e. The fraction of sp³-hybridized carbons (Fsp3) is 0.208. The van der Waals surface area contributed by atoms with Crippen LogP contribution in [-0.4, -0.2) is 47.0 Å². The van der Waals surface area contributed by atoms with Crippen LogP contribution >= 0.6 is 11.3 Å². The van der Waals surface area contributed by atoms with Crippen molar-refractivity contribution in [2.75, 3.05) is 36.4 Å². The van der Waals surface area contributed by atoms with E-state index in [9.17, 15) is 4.79 Å². The lowest BCUT2D eigenvalue weighted by Crippen LogP contribution is -2.50. The van der Waals surface area contributed by atoms with Crippen LogP contribution in [0.5, 0.6) is 0 Å². The third kappa shape index (κ3) is 4.15. The van der Waals surface area contributed by atoms with Gasteiger partial charge in [-0.3, -0.25) is 9.69 Å². The Morgan fingerprint density at radius 3 is 2.35 bits per heavy atom. The number of anilines is 2. The first-order valence-corrected chi connectivity index (χ1v) is 11.3. The standard InChI is InChI=1S/C24H23N5OS/c30-23(27-19-9-5-2-6-10-19)21(18-7-3-1-4-8-18)28-12-14-29(15-13-28)22-20-11-16-31-24(20)26-17-25-22/h1-11,16-17,21H,12-15H2,(H,27,30). The molecule has 2 aromatic carbocycles. The molecular formula is C24H23N5OS. The molecule has 1 fully saturated rings. The smallest absolute Gasteiger partial charge is 0.246 e. The number of carbonyl (C=O) groups is 1. The van der Waals surface area contributed by atoms with Crippen molar-refractivity contribution in [3.63, 3.8) is 0 Å². The Hall–Kier alpha value is -3.29. The summed E-state index contributed by atoms with van der Waals surface area (Å²) in [7, 11) is 0. The van der Waals surface area contributed by atoms with Crippen LogP contribution in [0, 0.1) is 0 Å². The van der Waals surface area contributed by atoms with E-state index in [4.69, 9.17) is 0 Å². The number of hydrogen-bond donors (Lipinski definition) is 1. The van der Waals surface area contributed by atoms with E-state index in [0.717, 1.165) is 53.5 Å². The number of aromatic nitrogens is 2. The van der Waals surface area contributed by atoms with Gasteiger partial charge in [0.1, 0.15) is 23.0 Å². The minimum atomic E-state index is -0.338. The van der Waals surface area contributed by atoms with Crippen molar-refractivity contribution in [2.45, 2.75) is 6.04 Å². The summed E-state index contributed by atoms with van der Waals surface area (Å²) in [4.78, 5) is 27.8. The number of carbonyl (C=O) groups excluding carboxylic acids is 1. The summed E-state index contributed by atoms with van der Waals surface area (Å²) in [5.41, 5.74) is 1.82. The van der Waals surface area contributed by atoms with Gasteiger partial charge in [0, 0.05) is 31.9 Å². The molecule has 156 valence electrons. The fourth-order valence-electron chi connectivity index (χ4n) is 4.12. The van der Waals surface area contributed by atoms with Crippen LogP contribution in [-0.2, 0) is 4.79 Å². The second-order valence-corrected chi connectivity index (χ2v) is 8.42. The van der Waals surface area contributed by atoms with Gasteiger partial charge >= 0.3 is 0 Å². The van der Waals surface area contributed by atoms with Crippen LogP contribution in [0.2, 0.25) is 0 Å². The predicted molar refractivity (Wildman–Crippen MR) is 125 cm³/mol. The number of hydrogen-bond acceptors (Lipinski definition) is 6. The first-order chi connectivity index (χ1) is 15.3. The molecule has 7 heteroatoms. The lowest BCUT2D eigenvalue weighted by atomic mass is 10.0. The van der Waals surface area contributed by atoms with Crippen LogP contribution in [0.25, 0.3) is 10.2 Å². The topological polar surface area (TPSA) is 61.4 Å². The van der Waals surface area contributed by atoms with Crippen molar-refractivity contribution in [2.24, 2.45) is 0 Å². The zero-order chi connectivity index (χ0) is 21.0. The molecule has 0 spiro atoms. The average Bonchev–Trinajstić information content (AvgIpc) is 3.30. The van der Waals surface area contributed by atoms with Gasteiger partial charge in [0.05, 0.1) is 5.39 Å². The average molecular weight is 430 g/mol. The Morgan fingerprint density at radius 2 is 1.61 bits per heavy atom. The van der Waals surface area contributed by atoms with Gasteiger partial charge in [0.15, 0.2) is 0 Å². The second-order valence-electron chi connectivity index (χ2n) is 7.53. The summed E-state index contributed by atoms with van der Waals surface area (Å²) in [5.74, 6) is 0.976. The van der Waals surface area contributed by atoms with Crippen molar-refractivity contribution in [3.8, 4) is 0 Å². The van der Waals surface area contributed by atoms with Gasteiger partial charge in [0.2, 0.25) is 5.91 Å². The van der Waals surface area contributed by atoms with Gasteiger partial charge in [-0.1, -0.05) is 48.5 Å². The lowest BCUT2D eigenvalue weighted by molar-refractivity contribution is -0.121. The number of nitrogens with one attached hydrogen (secondary N) is 1. The quantitative estimate of drug-likeness (QED) is 0.515. The molecule has 1 unspecified atom stereocenters. The number of piperazine rings is 1. The second kappa shape index (κ2) is 8.83. The summed E-state index contributed by atoms with van der Waals surface area (Å²) >= 11 is 1.63. The third-order valence-corrected chi connectivity index (χ3v) is 6.45. The van der Waals surface area contributed by atoms with Crippen LogP contribution in [0.4, 0.5) is 11.5 Å². The highest BCUT2D eigenvalue weighted by Gasteiger charge is 2.31. The molecule has 0 bridgehead atoms. The van der Waals surface area contributed by atoms with Gasteiger partial charge in [-0.05, 0) is 29.1 Å². The number of amides is 1. The van der Waals surface area contributed by atoms with Crippen LogP contribution in [0.1, 0.15) is 11.6 Å². The van der Waals surface area contributed by atoms with Gasteiger partial charge < -0.3 is 10.2 Å². The Balaban J connectivity index is 1.36. The molecule has 4 aromatic rings. The van der Waals surface area contributed by atoms with E-state index in [1.54, 1.807) is 17.7 Å². The highest BCUT2D eigenvalue weighted by Crippen LogP contribution is 2.29. The van der Waals surface area contributed by atoms with Crippen molar-refractivity contribution in [1.29, 1.82) is 0 Å². The highest BCUT2D eigenvalue weighted by molar-refractivity contribution is 7.16. The molecule has 1 aliphatic rings. The summed E-state index contributed by atoms with van der Waals surface area (Å²) in [6.45, 7) is 3.17. The van der Waals surface area contributed by atoms with Crippen molar-refractivity contribution < 1.29 is 4.79 Å². The van der Waals surface area contributed by atoms with Crippen LogP contribution in [0.15, 0.2) is 78.4 Å². The number of nitrogens with zero attached hydrogens (tertiary/aromatic N) is 4. The summed E-state index contributed by atoms with van der Waals surface area (Å²) < 4.78 is 0. The number of thiophene rings is 1. The number of para-hydroxylation sites is 1. The van der Waals surface area contributed by atoms with Gasteiger partial charge in [-0.15, -0.1) is 11.3 Å². The maximum atomic E-state index is 13.3. The Bertz CT molecular complexity index is 1160. The Kier molecular flexibility index (Phi) is 5.60. The van der Waals surface area contributed by atoms with E-state index in [1.165, 1.54) is 0 Å². The van der Waals surface area contributed by atoms with E-state index >= 15 is 0 Å². The number of benzene rings is 2. The van der Waals surface area contributed by atoms with Crippen molar-refractivity contribution in [1.82, 2.24) is 14.9 Å². The summed E-state index contributed by atoms with van der Waals surface area (Å²) in [6.07, 6.45) is 1.64. The molecule has 31 heavy (non-hydrogen) atoms. The molecule has 0 saturated carbocycles. The molecule has 1 atom stereocenters. The predicted octanol–water partition coefficient (Wildman–Crippen LogP) is 4.19. The van der Waals surface area contributed by atoms with Gasteiger partial charge in [0.25, 0.3) is 0 Å². The number of fused-ring (bicyclic) bond motifs is 1. The van der Waals surface area contributed by atoms with Crippen molar-refractivity contribution >= 4 is 39.0 Å². The maximum absolute atomic E-state index is 13.3. The molecule has 1 amide bonds. The monoisotopic (exact) mass is 429 g/mol. The summed E-state index contributed by atoms with van der Waals surface area (Å²) in [6, 6.07) is 21.4. The molecular weight excluding hydrogens is 406 g/mol. The molecule has 0 radical (unpaired) electrons. The maximum Gasteiger partial charge on any atom is 0.246 e. The number of rotatable bonds is 5. The largest absolute Gasteiger partial charge is 0.353 e. The summed E-state index contributed by atoms with van der Waals surface area (Å²) in [5, 5.41) is 6.24. The van der Waals surface area contributed by atoms with E-state index in [2.05, 4.69) is 36.5 Å². The molecule has 0 aliphatic carbocycles. The fourth-order valence-corrected chi connectivity index (χ4v) is 4.84. The van der Waals surface area contributed by atoms with Crippen LogP contribution < -0.4 is 10.2 Å². The first-order valence-electron chi connectivity index (χ1n) is 10.4. The lowest BCUT2D eigenvalue weighted by Gasteiger charge is -2.39. The molecule has 2 aromatic heterocycles. The SMILES string of the molecule is O=C(Nc1ccccc1)C(c1ccccc1)N1CCN(c2ncnc3sccc23)CC1. The molecule has 1 N–H and O–H groups in total. The zero-order valence-corrected chi connectivity index (χ0v) is 17.8. The van der Waals surface area contributed by atoms with E-state index in [0.29, 0.717) is 0 Å². The van der Waals surface area contributed by atoms with Gasteiger partial charge in [-0.25, -0.2) is 9.97 Å². The van der Waals surface area contributed by atoms with E-state index < -0.39 is 0 Å². The van der Waals surface area contributed by atoms with Gasteiger partial charge in [-0.2, -0.15) is 0 Å². The molecule has 1 aliphatic heterocycles. The third-order valence-electron chi connectivity index (χ3n) is 5.62. The molecule has 6 nitrogen and oxygen atoms in total. The van der Waals surface area contributed by atoms with E-state index in [-0.39, 0.29) is 11.9 Å². The highest BCUT2D eigenvalue weighted by atomic mass is 32.1. The minimum absolute atomic E-state index is 0.00638. The molecule has 1 saturated heterocycles. The molecule has 5 rings (SSSR count). The first kappa shape index (κ1) is 19.7. The van der Waals surface area contributed by atoms with Crippen molar-refractivity contribution in [3.05, 3.63) is 84.0 Å². The Labute approximate surface area is 185 Å². The molecule has 3 heterocycles. The van der Waals surface area contributed by atoms with Crippen LogP contribution in [0.3, 0.4) is 0 Å².